The molecule has 2 heterocycles. The van der Waals surface area contributed by atoms with Gasteiger partial charge in [0.05, 0.1) is 24.8 Å². The minimum atomic E-state index is -3.44. The van der Waals surface area contributed by atoms with Gasteiger partial charge in [-0.15, -0.1) is 0 Å². The molecule has 0 radical (unpaired) electrons. The van der Waals surface area contributed by atoms with Gasteiger partial charge in [0, 0.05) is 18.5 Å². The third-order valence-electron chi connectivity index (χ3n) is 5.14. The van der Waals surface area contributed by atoms with E-state index in [4.69, 9.17) is 14.2 Å². The van der Waals surface area contributed by atoms with E-state index in [0.29, 0.717) is 23.9 Å². The number of aromatic nitrogens is 2. The summed E-state index contributed by atoms with van der Waals surface area (Å²) in [5.41, 5.74) is 0.0000702. The van der Waals surface area contributed by atoms with E-state index in [1.54, 1.807) is 25.1 Å². The van der Waals surface area contributed by atoms with Crippen LogP contribution in [0.4, 0.5) is 8.78 Å². The largest absolute Gasteiger partial charge is 0.497 e. The van der Waals surface area contributed by atoms with Gasteiger partial charge in [-0.3, -0.25) is 4.79 Å². The van der Waals surface area contributed by atoms with E-state index in [1.807, 2.05) is 13.8 Å². The highest BCUT2D eigenvalue weighted by Crippen LogP contribution is 2.36. The number of benzene rings is 1. The Bertz CT molecular complexity index is 967. The van der Waals surface area contributed by atoms with E-state index in [1.165, 1.54) is 7.11 Å². The Morgan fingerprint density at radius 2 is 2.10 bits per heavy atom. The standard InChI is InChI=1S/C22H27F2N3O4/c1-6-22(23,24)19-20(27-16-9-14(29-5)7-8-15(16)26-19)31-17-10-25-18(13(17)4)21(28)30-11-12(2)3/h6-9,12-13,17-18,25H,1,10-11H2,2-5H3/t13?,17-,18-/m0/s1. The maximum atomic E-state index is 14.6. The van der Waals surface area contributed by atoms with Gasteiger partial charge in [-0.1, -0.05) is 27.4 Å². The van der Waals surface area contributed by atoms with Crippen LogP contribution in [-0.4, -0.2) is 48.3 Å². The number of hydrogen-bond acceptors (Lipinski definition) is 7. The van der Waals surface area contributed by atoms with Crippen molar-refractivity contribution in [2.45, 2.75) is 38.8 Å². The first-order valence-electron chi connectivity index (χ1n) is 10.1. The van der Waals surface area contributed by atoms with Crippen molar-refractivity contribution in [3.05, 3.63) is 36.5 Å². The summed E-state index contributed by atoms with van der Waals surface area (Å²) in [5.74, 6) is -3.74. The van der Waals surface area contributed by atoms with Crippen LogP contribution >= 0.6 is 0 Å². The second-order valence-electron chi connectivity index (χ2n) is 7.98. The van der Waals surface area contributed by atoms with Crippen molar-refractivity contribution >= 4 is 17.0 Å². The van der Waals surface area contributed by atoms with Crippen molar-refractivity contribution in [2.24, 2.45) is 11.8 Å². The Labute approximate surface area is 179 Å². The lowest BCUT2D eigenvalue weighted by atomic mass is 10.0. The zero-order valence-corrected chi connectivity index (χ0v) is 18.0. The maximum absolute atomic E-state index is 14.6. The monoisotopic (exact) mass is 435 g/mol. The Morgan fingerprint density at radius 3 is 2.74 bits per heavy atom. The van der Waals surface area contributed by atoms with Gasteiger partial charge in [0.15, 0.2) is 5.69 Å². The lowest BCUT2D eigenvalue weighted by Gasteiger charge is -2.22. The van der Waals surface area contributed by atoms with Crippen LogP contribution in [0.15, 0.2) is 30.9 Å². The molecular formula is C22H27F2N3O4. The van der Waals surface area contributed by atoms with Crippen molar-refractivity contribution in [1.82, 2.24) is 15.3 Å². The summed E-state index contributed by atoms with van der Waals surface area (Å²) >= 11 is 0. The normalized spacial score (nSPS) is 21.3. The number of nitrogens with zero attached hydrogens (tertiary/aromatic N) is 2. The number of esters is 1. The van der Waals surface area contributed by atoms with Crippen LogP contribution in [0.25, 0.3) is 11.0 Å². The first kappa shape index (κ1) is 22.9. The van der Waals surface area contributed by atoms with Gasteiger partial charge in [-0.05, 0) is 24.1 Å². The molecule has 0 bridgehead atoms. The fourth-order valence-electron chi connectivity index (χ4n) is 3.30. The molecule has 1 aliphatic rings. The summed E-state index contributed by atoms with van der Waals surface area (Å²) < 4.78 is 45.5. The fraction of sp³-hybridized carbons (Fsp3) is 0.500. The maximum Gasteiger partial charge on any atom is 0.323 e. The van der Waals surface area contributed by atoms with Crippen molar-refractivity contribution in [3.63, 3.8) is 0 Å². The first-order chi connectivity index (χ1) is 14.7. The number of hydrogen-bond donors (Lipinski definition) is 1. The summed E-state index contributed by atoms with van der Waals surface area (Å²) in [6.45, 7) is 9.48. The van der Waals surface area contributed by atoms with Crippen LogP contribution in [0.5, 0.6) is 11.6 Å². The average Bonchev–Trinajstić information content (AvgIpc) is 3.11. The SMILES string of the molecule is C=CC(F)(F)c1nc2ccc(OC)cc2nc1O[C@H]1CN[C@H](C(=O)OCC(C)C)C1C. The Balaban J connectivity index is 1.89. The van der Waals surface area contributed by atoms with E-state index in [-0.39, 0.29) is 29.8 Å². The lowest BCUT2D eigenvalue weighted by molar-refractivity contribution is -0.148. The molecular weight excluding hydrogens is 408 g/mol. The smallest absolute Gasteiger partial charge is 0.323 e. The molecule has 1 unspecified atom stereocenters. The van der Waals surface area contributed by atoms with Crippen LogP contribution in [0.2, 0.25) is 0 Å². The predicted octanol–water partition coefficient (Wildman–Crippen LogP) is 3.47. The van der Waals surface area contributed by atoms with E-state index in [9.17, 15) is 13.6 Å². The molecule has 168 valence electrons. The van der Waals surface area contributed by atoms with Crippen LogP contribution < -0.4 is 14.8 Å². The molecule has 7 nitrogen and oxygen atoms in total. The first-order valence-corrected chi connectivity index (χ1v) is 10.1. The van der Waals surface area contributed by atoms with Crippen LogP contribution in [0.3, 0.4) is 0 Å². The molecule has 0 aliphatic carbocycles. The number of ether oxygens (including phenoxy) is 3. The second-order valence-corrected chi connectivity index (χ2v) is 7.98. The minimum absolute atomic E-state index is 0.210. The molecule has 3 atom stereocenters. The molecule has 1 aromatic heterocycles. The summed E-state index contributed by atoms with van der Waals surface area (Å²) in [6, 6.07) is 4.16. The molecule has 31 heavy (non-hydrogen) atoms. The molecule has 1 N–H and O–H groups in total. The number of fused-ring (bicyclic) bond motifs is 1. The summed E-state index contributed by atoms with van der Waals surface area (Å²) in [7, 11) is 1.50. The molecule has 0 amide bonds. The highest BCUT2D eigenvalue weighted by molar-refractivity contribution is 5.77. The summed E-state index contributed by atoms with van der Waals surface area (Å²) in [4.78, 5) is 20.7. The van der Waals surface area contributed by atoms with Gasteiger partial charge in [0.2, 0.25) is 5.88 Å². The number of methoxy groups -OCH3 is 1. The highest BCUT2D eigenvalue weighted by atomic mass is 19.3. The summed E-state index contributed by atoms with van der Waals surface area (Å²) in [6.07, 6.45) is -0.0740. The van der Waals surface area contributed by atoms with Crippen LogP contribution in [-0.2, 0) is 15.5 Å². The Kier molecular flexibility index (Phi) is 6.74. The molecule has 9 heteroatoms. The molecule has 2 aromatic rings. The zero-order valence-electron chi connectivity index (χ0n) is 18.0. The summed E-state index contributed by atoms with van der Waals surface area (Å²) in [5, 5.41) is 3.05. The van der Waals surface area contributed by atoms with E-state index >= 15 is 0 Å². The van der Waals surface area contributed by atoms with Crippen LogP contribution in [0, 0.1) is 11.8 Å². The number of carbonyl (C=O) groups is 1. The van der Waals surface area contributed by atoms with E-state index in [0.717, 1.165) is 0 Å². The van der Waals surface area contributed by atoms with Crippen LogP contribution in [0.1, 0.15) is 26.5 Å². The molecule has 3 rings (SSSR count). The number of rotatable bonds is 8. The predicted molar refractivity (Wildman–Crippen MR) is 111 cm³/mol. The quantitative estimate of drug-likeness (QED) is 0.502. The third kappa shape index (κ3) is 4.92. The Hall–Kier alpha value is -2.81. The lowest BCUT2D eigenvalue weighted by Crippen LogP contribution is -2.37. The van der Waals surface area contributed by atoms with Gasteiger partial charge in [0.25, 0.3) is 0 Å². The van der Waals surface area contributed by atoms with Crippen molar-refractivity contribution < 1.29 is 27.8 Å². The highest BCUT2D eigenvalue weighted by Gasteiger charge is 2.42. The molecule has 1 aliphatic heterocycles. The molecule has 1 saturated heterocycles. The fourth-order valence-corrected chi connectivity index (χ4v) is 3.30. The van der Waals surface area contributed by atoms with E-state index in [2.05, 4.69) is 21.9 Å². The van der Waals surface area contributed by atoms with Crippen molar-refractivity contribution in [3.8, 4) is 11.6 Å². The number of alkyl halides is 2. The van der Waals surface area contributed by atoms with Gasteiger partial charge in [0.1, 0.15) is 17.9 Å². The van der Waals surface area contributed by atoms with Gasteiger partial charge >= 0.3 is 11.9 Å². The third-order valence-corrected chi connectivity index (χ3v) is 5.14. The van der Waals surface area contributed by atoms with Crippen molar-refractivity contribution in [1.29, 1.82) is 0 Å². The second kappa shape index (κ2) is 9.13. The van der Waals surface area contributed by atoms with E-state index < -0.39 is 29.7 Å². The molecule has 0 spiro atoms. The topological polar surface area (TPSA) is 82.6 Å². The number of nitrogens with one attached hydrogen (secondary N) is 1. The molecule has 1 fully saturated rings. The average molecular weight is 435 g/mol. The number of halogens is 2. The number of carbonyl (C=O) groups excluding carboxylic acids is 1. The molecule has 0 saturated carbocycles. The Morgan fingerprint density at radius 1 is 1.35 bits per heavy atom. The van der Waals surface area contributed by atoms with Gasteiger partial charge in [-0.25, -0.2) is 9.97 Å². The minimum Gasteiger partial charge on any atom is -0.497 e. The zero-order chi connectivity index (χ0) is 22.8. The van der Waals surface area contributed by atoms with Gasteiger partial charge < -0.3 is 19.5 Å². The molecule has 1 aromatic carbocycles. The van der Waals surface area contributed by atoms with Crippen molar-refractivity contribution in [2.75, 3.05) is 20.3 Å². The van der Waals surface area contributed by atoms with Gasteiger partial charge in [-0.2, -0.15) is 8.78 Å². The number of allylic oxidation sites excluding steroid dienone is 1.